The van der Waals surface area contributed by atoms with Crippen molar-refractivity contribution in [2.45, 2.75) is 45.6 Å². The second kappa shape index (κ2) is 4.73. The Morgan fingerprint density at radius 1 is 1.55 bits per heavy atom. The van der Waals surface area contributed by atoms with E-state index in [0.29, 0.717) is 18.9 Å². The van der Waals surface area contributed by atoms with Crippen molar-refractivity contribution in [3.05, 3.63) is 0 Å². The van der Waals surface area contributed by atoms with Gasteiger partial charge < -0.3 is 10.8 Å². The highest BCUT2D eigenvalue weighted by Gasteiger charge is 2.26. The van der Waals surface area contributed by atoms with Crippen LogP contribution in [0.2, 0.25) is 0 Å². The van der Waals surface area contributed by atoms with Crippen molar-refractivity contribution in [1.82, 2.24) is 0 Å². The number of nitrogens with two attached hydrogens (primary N) is 1. The highest BCUT2D eigenvalue weighted by molar-refractivity contribution is 4.78. The molecule has 0 rings (SSSR count). The predicted octanol–water partition coefficient (Wildman–Crippen LogP) is 1.52. The summed E-state index contributed by atoms with van der Waals surface area (Å²) < 4.78 is 0. The lowest BCUT2D eigenvalue weighted by Crippen LogP contribution is -2.35. The van der Waals surface area contributed by atoms with Gasteiger partial charge in [-0.05, 0) is 32.2 Å². The SMILES string of the molecule is CCCC(C)C(C)(O)CCN. The third-order valence-corrected chi connectivity index (χ3v) is 2.43. The molecule has 0 aromatic heterocycles. The summed E-state index contributed by atoms with van der Waals surface area (Å²) in [7, 11) is 0. The molecule has 0 aliphatic carbocycles. The minimum absolute atomic E-state index is 0.357. The van der Waals surface area contributed by atoms with Gasteiger partial charge in [-0.15, -0.1) is 0 Å². The molecule has 2 unspecified atom stereocenters. The maximum atomic E-state index is 9.83. The van der Waals surface area contributed by atoms with Crippen LogP contribution in [0.15, 0.2) is 0 Å². The highest BCUT2D eigenvalue weighted by Crippen LogP contribution is 2.23. The Bertz CT molecular complexity index is 102. The fourth-order valence-corrected chi connectivity index (χ4v) is 1.28. The van der Waals surface area contributed by atoms with Gasteiger partial charge in [-0.25, -0.2) is 0 Å². The molecule has 0 aromatic rings. The van der Waals surface area contributed by atoms with E-state index in [9.17, 15) is 5.11 Å². The zero-order chi connectivity index (χ0) is 8.91. The second-order valence-electron chi connectivity index (χ2n) is 3.59. The molecule has 0 saturated carbocycles. The van der Waals surface area contributed by atoms with Gasteiger partial charge in [0.05, 0.1) is 5.60 Å². The normalized spacial score (nSPS) is 19.4. The first-order valence-corrected chi connectivity index (χ1v) is 4.47. The van der Waals surface area contributed by atoms with Crippen LogP contribution in [0, 0.1) is 5.92 Å². The molecule has 11 heavy (non-hydrogen) atoms. The van der Waals surface area contributed by atoms with Gasteiger partial charge in [0.25, 0.3) is 0 Å². The summed E-state index contributed by atoms with van der Waals surface area (Å²) in [6, 6.07) is 0. The molecule has 0 spiro atoms. The summed E-state index contributed by atoms with van der Waals surface area (Å²) in [4.78, 5) is 0. The van der Waals surface area contributed by atoms with Crippen LogP contribution in [0.25, 0.3) is 0 Å². The zero-order valence-corrected chi connectivity index (χ0v) is 7.93. The molecule has 2 nitrogen and oxygen atoms in total. The molecule has 2 atom stereocenters. The number of hydrogen-bond acceptors (Lipinski definition) is 2. The van der Waals surface area contributed by atoms with Gasteiger partial charge in [0.15, 0.2) is 0 Å². The van der Waals surface area contributed by atoms with Gasteiger partial charge in [0, 0.05) is 0 Å². The Hall–Kier alpha value is -0.0800. The summed E-state index contributed by atoms with van der Waals surface area (Å²) in [5.41, 5.74) is 4.82. The van der Waals surface area contributed by atoms with E-state index in [4.69, 9.17) is 5.73 Å². The maximum absolute atomic E-state index is 9.83. The van der Waals surface area contributed by atoms with E-state index in [1.807, 2.05) is 6.92 Å². The van der Waals surface area contributed by atoms with Crippen LogP contribution in [0.3, 0.4) is 0 Å². The van der Waals surface area contributed by atoms with Gasteiger partial charge >= 0.3 is 0 Å². The average molecular weight is 159 g/mol. The molecule has 0 saturated heterocycles. The minimum Gasteiger partial charge on any atom is -0.390 e. The Labute approximate surface area is 69.8 Å². The molecular weight excluding hydrogens is 138 g/mol. The van der Waals surface area contributed by atoms with Gasteiger partial charge in [-0.3, -0.25) is 0 Å². The summed E-state index contributed by atoms with van der Waals surface area (Å²) in [5, 5.41) is 9.83. The van der Waals surface area contributed by atoms with Crippen molar-refractivity contribution in [3.63, 3.8) is 0 Å². The van der Waals surface area contributed by atoms with Crippen LogP contribution >= 0.6 is 0 Å². The third-order valence-electron chi connectivity index (χ3n) is 2.43. The third kappa shape index (κ3) is 3.73. The van der Waals surface area contributed by atoms with Gasteiger partial charge in [0.2, 0.25) is 0 Å². The molecule has 0 aliphatic rings. The Balaban J connectivity index is 3.83. The Kier molecular flexibility index (Phi) is 4.69. The number of rotatable bonds is 5. The topological polar surface area (TPSA) is 46.2 Å². The smallest absolute Gasteiger partial charge is 0.0657 e. The van der Waals surface area contributed by atoms with E-state index in [2.05, 4.69) is 13.8 Å². The molecule has 0 fully saturated rings. The number of hydrogen-bond donors (Lipinski definition) is 2. The van der Waals surface area contributed by atoms with Gasteiger partial charge in [-0.2, -0.15) is 0 Å². The summed E-state index contributed by atoms with van der Waals surface area (Å²) in [6.45, 7) is 6.66. The molecule has 0 aliphatic heterocycles. The van der Waals surface area contributed by atoms with Crippen LogP contribution in [0.5, 0.6) is 0 Å². The van der Waals surface area contributed by atoms with E-state index in [-0.39, 0.29) is 0 Å². The maximum Gasteiger partial charge on any atom is 0.0657 e. The predicted molar refractivity (Wildman–Crippen MR) is 48.4 cm³/mol. The van der Waals surface area contributed by atoms with E-state index in [0.717, 1.165) is 12.8 Å². The van der Waals surface area contributed by atoms with Gasteiger partial charge in [0.1, 0.15) is 0 Å². The van der Waals surface area contributed by atoms with Crippen molar-refractivity contribution in [2.75, 3.05) is 6.54 Å². The first kappa shape index (κ1) is 10.9. The Morgan fingerprint density at radius 2 is 2.09 bits per heavy atom. The molecule has 0 amide bonds. The van der Waals surface area contributed by atoms with Gasteiger partial charge in [-0.1, -0.05) is 20.3 Å². The standard InChI is InChI=1S/C9H21NO/c1-4-5-8(2)9(3,11)6-7-10/h8,11H,4-7,10H2,1-3H3. The lowest BCUT2D eigenvalue weighted by atomic mass is 9.85. The first-order chi connectivity index (χ1) is 5.04. The molecular formula is C9H21NO. The molecule has 0 bridgehead atoms. The monoisotopic (exact) mass is 159 g/mol. The van der Waals surface area contributed by atoms with Crippen molar-refractivity contribution in [3.8, 4) is 0 Å². The largest absolute Gasteiger partial charge is 0.390 e. The van der Waals surface area contributed by atoms with Crippen molar-refractivity contribution in [1.29, 1.82) is 0 Å². The molecule has 2 heteroatoms. The van der Waals surface area contributed by atoms with Crippen LogP contribution < -0.4 is 5.73 Å². The number of aliphatic hydroxyl groups is 1. The fraction of sp³-hybridized carbons (Fsp3) is 1.00. The molecule has 0 heterocycles. The van der Waals surface area contributed by atoms with Crippen LogP contribution in [0.4, 0.5) is 0 Å². The molecule has 3 N–H and O–H groups in total. The van der Waals surface area contributed by atoms with Crippen LogP contribution in [0.1, 0.15) is 40.0 Å². The summed E-state index contributed by atoms with van der Waals surface area (Å²) in [6.07, 6.45) is 2.91. The average Bonchev–Trinajstić information content (AvgIpc) is 1.88. The van der Waals surface area contributed by atoms with Crippen LogP contribution in [-0.2, 0) is 0 Å². The van der Waals surface area contributed by atoms with Crippen molar-refractivity contribution >= 4 is 0 Å². The molecule has 0 aromatic carbocycles. The lowest BCUT2D eigenvalue weighted by molar-refractivity contribution is -0.00293. The summed E-state index contributed by atoms with van der Waals surface area (Å²) in [5.74, 6) is 0.357. The lowest BCUT2D eigenvalue weighted by Gasteiger charge is -2.29. The fourth-order valence-electron chi connectivity index (χ4n) is 1.28. The van der Waals surface area contributed by atoms with Crippen molar-refractivity contribution < 1.29 is 5.11 Å². The van der Waals surface area contributed by atoms with E-state index >= 15 is 0 Å². The highest BCUT2D eigenvalue weighted by atomic mass is 16.3. The zero-order valence-electron chi connectivity index (χ0n) is 7.93. The molecule has 0 radical (unpaired) electrons. The summed E-state index contributed by atoms with van der Waals surface area (Å²) >= 11 is 0. The Morgan fingerprint density at radius 3 is 2.45 bits per heavy atom. The van der Waals surface area contributed by atoms with Crippen LogP contribution in [-0.4, -0.2) is 17.3 Å². The van der Waals surface area contributed by atoms with E-state index in [1.165, 1.54) is 0 Å². The second-order valence-corrected chi connectivity index (χ2v) is 3.59. The first-order valence-electron chi connectivity index (χ1n) is 4.47. The minimum atomic E-state index is -0.565. The molecule has 68 valence electrons. The quantitative estimate of drug-likeness (QED) is 0.639. The van der Waals surface area contributed by atoms with Crippen molar-refractivity contribution in [2.24, 2.45) is 11.7 Å². The van der Waals surface area contributed by atoms with E-state index < -0.39 is 5.60 Å². The van der Waals surface area contributed by atoms with E-state index in [1.54, 1.807) is 0 Å².